The van der Waals surface area contributed by atoms with Crippen molar-refractivity contribution in [3.8, 4) is 0 Å². The molecule has 15 heteroatoms. The summed E-state index contributed by atoms with van der Waals surface area (Å²) in [4.78, 5) is 55.1. The van der Waals surface area contributed by atoms with Crippen LogP contribution in [0.3, 0.4) is 0 Å². The number of carbonyl (C=O) groups is 4. The molecule has 2 amide bonds. The first-order valence-electron chi connectivity index (χ1n) is 13.9. The Labute approximate surface area is 273 Å². The van der Waals surface area contributed by atoms with Gasteiger partial charge in [0.15, 0.2) is 0 Å². The number of rotatable bonds is 10. The largest absolute Gasteiger partial charge is 0.420 e. The number of nitrogens with one attached hydrogen (secondary N) is 1. The van der Waals surface area contributed by atoms with Gasteiger partial charge in [0, 0.05) is 29.1 Å². The molecule has 3 heterocycles. The number of alkyl halides is 1. The minimum absolute atomic E-state index is 0.0216. The van der Waals surface area contributed by atoms with E-state index in [9.17, 15) is 19.2 Å². The number of aryl methyl sites for hydroxylation is 1. The summed E-state index contributed by atoms with van der Waals surface area (Å²) >= 11 is 8.37. The fourth-order valence-corrected chi connectivity index (χ4v) is 6.99. The molecule has 3 unspecified atom stereocenters. The summed E-state index contributed by atoms with van der Waals surface area (Å²) in [5, 5.41) is 14.2. The normalized spacial score (nSPS) is 18.5. The molecule has 2 aromatic carbocycles. The second-order valence-electron chi connectivity index (χ2n) is 11.3. The van der Waals surface area contributed by atoms with Crippen LogP contribution in [0.25, 0.3) is 0 Å². The predicted octanol–water partition coefficient (Wildman–Crippen LogP) is 3.73. The maximum Gasteiger partial charge on any atom is 0.359 e. The van der Waals surface area contributed by atoms with E-state index in [1.165, 1.54) is 21.3 Å². The molecule has 1 saturated heterocycles. The van der Waals surface area contributed by atoms with Gasteiger partial charge in [-0.1, -0.05) is 54.6 Å². The zero-order valence-electron chi connectivity index (χ0n) is 24.9. The van der Waals surface area contributed by atoms with Crippen molar-refractivity contribution in [3.63, 3.8) is 0 Å². The van der Waals surface area contributed by atoms with Crippen molar-refractivity contribution in [3.05, 3.63) is 81.9 Å². The average molecular weight is 671 g/mol. The van der Waals surface area contributed by atoms with Crippen molar-refractivity contribution >= 4 is 58.9 Å². The molecule has 12 nitrogen and oxygen atoms in total. The fourth-order valence-electron chi connectivity index (χ4n) is 4.43. The molecule has 2 aliphatic heterocycles. The third-order valence-corrected chi connectivity index (χ3v) is 9.78. The Kier molecular flexibility index (Phi) is 9.85. The van der Waals surface area contributed by atoms with Gasteiger partial charge < -0.3 is 14.8 Å². The number of amides is 2. The van der Waals surface area contributed by atoms with Crippen molar-refractivity contribution in [2.24, 2.45) is 12.5 Å². The van der Waals surface area contributed by atoms with Gasteiger partial charge in [-0.25, -0.2) is 9.48 Å². The third-order valence-electron chi connectivity index (χ3n) is 6.89. The number of fused-ring (bicyclic) bond motifs is 1. The average Bonchev–Trinajstić information content (AvgIpc) is 3.43. The second kappa shape index (κ2) is 13.6. The number of hydrogen-bond acceptors (Lipinski definition) is 11. The van der Waals surface area contributed by atoms with Gasteiger partial charge in [0.2, 0.25) is 11.1 Å². The molecule has 236 valence electrons. The lowest BCUT2D eigenvalue weighted by atomic mass is 9.97. The molecule has 2 aliphatic rings. The highest BCUT2D eigenvalue weighted by atomic mass is 35.5. The molecule has 0 saturated carbocycles. The van der Waals surface area contributed by atoms with Crippen LogP contribution in [0.5, 0.6) is 0 Å². The smallest absolute Gasteiger partial charge is 0.359 e. The number of ether oxygens (including phenoxy) is 2. The van der Waals surface area contributed by atoms with E-state index >= 15 is 0 Å². The fraction of sp³-hybridized carbons (Fsp3) is 0.367. The van der Waals surface area contributed by atoms with Crippen LogP contribution in [0.15, 0.2) is 70.4 Å². The molecule has 0 aliphatic carbocycles. The first kappa shape index (κ1) is 32.5. The van der Waals surface area contributed by atoms with Gasteiger partial charge in [0.1, 0.15) is 17.1 Å². The van der Waals surface area contributed by atoms with E-state index in [4.69, 9.17) is 21.1 Å². The molecular weight excluding hydrogens is 640 g/mol. The number of thioether (sulfide) groups is 2. The summed E-state index contributed by atoms with van der Waals surface area (Å²) < 4.78 is 12.9. The lowest BCUT2D eigenvalue weighted by Gasteiger charge is -2.49. The molecule has 1 N–H and O–H groups in total. The maximum absolute atomic E-state index is 14.0. The highest BCUT2D eigenvalue weighted by Gasteiger charge is 2.55. The van der Waals surface area contributed by atoms with E-state index in [-0.39, 0.29) is 18.0 Å². The molecule has 5 rings (SSSR count). The van der Waals surface area contributed by atoms with Gasteiger partial charge in [-0.05, 0) is 54.1 Å². The molecule has 3 atom stereocenters. The number of carbonyl (C=O) groups excluding carboxylic acids is 4. The monoisotopic (exact) mass is 670 g/mol. The van der Waals surface area contributed by atoms with Gasteiger partial charge >= 0.3 is 11.9 Å². The molecule has 45 heavy (non-hydrogen) atoms. The summed E-state index contributed by atoms with van der Waals surface area (Å²) in [6, 6.07) is 15.1. The van der Waals surface area contributed by atoms with Gasteiger partial charge in [-0.2, -0.15) is 0 Å². The predicted molar refractivity (Wildman–Crippen MR) is 167 cm³/mol. The van der Waals surface area contributed by atoms with E-state index < -0.39 is 41.0 Å². The molecular formula is C30H31ClN6O6S2. The summed E-state index contributed by atoms with van der Waals surface area (Å²) in [7, 11) is 1.65. The van der Waals surface area contributed by atoms with E-state index in [0.29, 0.717) is 27.3 Å². The molecule has 0 bridgehead atoms. The van der Waals surface area contributed by atoms with Gasteiger partial charge in [-0.3, -0.25) is 19.3 Å². The Hall–Kier alpha value is -3.88. The SMILES string of the molecule is Cn1nnnc1SC1=C(C(=O)OC(OC(=O)C(C)(C)C)c2ccccc2)N2C(=O)C(NC(=O)Cc3ccc(CCl)cc3)C2SC1. The highest BCUT2D eigenvalue weighted by Crippen LogP contribution is 2.45. The van der Waals surface area contributed by atoms with E-state index in [0.717, 1.165) is 22.9 Å². The Morgan fingerprint density at radius 1 is 1.09 bits per heavy atom. The third kappa shape index (κ3) is 7.34. The first-order valence-corrected chi connectivity index (χ1v) is 16.3. The summed E-state index contributed by atoms with van der Waals surface area (Å²) in [5.74, 6) is -1.57. The lowest BCUT2D eigenvalue weighted by Crippen LogP contribution is -2.70. The minimum Gasteiger partial charge on any atom is -0.420 e. The number of β-lactam (4-membered cyclic amide) rings is 1. The van der Waals surface area contributed by atoms with Crippen LogP contribution in [-0.2, 0) is 48.0 Å². The van der Waals surface area contributed by atoms with E-state index in [1.54, 1.807) is 58.2 Å². The highest BCUT2D eigenvalue weighted by molar-refractivity contribution is 8.06. The van der Waals surface area contributed by atoms with Gasteiger partial charge in [0.25, 0.3) is 12.2 Å². The number of halogens is 1. The Balaban J connectivity index is 1.39. The van der Waals surface area contributed by atoms with Crippen molar-refractivity contribution in [2.75, 3.05) is 5.75 Å². The molecule has 3 aromatic rings. The summed E-state index contributed by atoms with van der Waals surface area (Å²) in [5.41, 5.74) is 1.26. The number of aromatic nitrogens is 4. The number of benzene rings is 2. The molecule has 0 spiro atoms. The van der Waals surface area contributed by atoms with Crippen LogP contribution < -0.4 is 5.32 Å². The zero-order chi connectivity index (χ0) is 32.3. The Bertz CT molecular complexity index is 1630. The quantitative estimate of drug-likeness (QED) is 0.146. The molecule has 0 radical (unpaired) electrons. The van der Waals surface area contributed by atoms with Gasteiger partial charge in [0.05, 0.1) is 11.8 Å². The number of hydrogen-bond donors (Lipinski definition) is 1. The minimum atomic E-state index is -1.37. The van der Waals surface area contributed by atoms with Crippen LogP contribution in [0.1, 0.15) is 43.8 Å². The number of tetrazole rings is 1. The Morgan fingerprint density at radius 3 is 2.40 bits per heavy atom. The lowest BCUT2D eigenvalue weighted by molar-refractivity contribution is -0.195. The standard InChI is InChI=1S/C30H31ClN6O6S2/c1-30(2,3)28(41)43-27(19-8-6-5-7-9-19)42-26(40)23-20(45-29-33-34-35-36(29)4)16-44-25-22(24(39)37(23)25)32-21(38)14-17-10-12-18(15-31)13-11-17/h5-13,22,25,27H,14-16H2,1-4H3,(H,32,38). The Morgan fingerprint density at radius 2 is 1.78 bits per heavy atom. The van der Waals surface area contributed by atoms with Crippen molar-refractivity contribution in [2.45, 2.75) is 55.9 Å². The maximum atomic E-state index is 14.0. The van der Waals surface area contributed by atoms with Crippen LogP contribution in [0.2, 0.25) is 0 Å². The van der Waals surface area contributed by atoms with Crippen molar-refractivity contribution < 1.29 is 28.7 Å². The number of nitrogens with zero attached hydrogens (tertiary/aromatic N) is 5. The van der Waals surface area contributed by atoms with Crippen molar-refractivity contribution in [1.29, 1.82) is 0 Å². The topological polar surface area (TPSA) is 146 Å². The van der Waals surface area contributed by atoms with E-state index in [1.807, 2.05) is 24.3 Å². The van der Waals surface area contributed by atoms with Crippen LogP contribution in [0, 0.1) is 5.41 Å². The van der Waals surface area contributed by atoms with E-state index in [2.05, 4.69) is 20.8 Å². The van der Waals surface area contributed by atoms with Crippen LogP contribution in [-0.4, -0.2) is 66.0 Å². The summed E-state index contributed by atoms with van der Waals surface area (Å²) in [6.45, 7) is 5.07. The first-order chi connectivity index (χ1) is 21.5. The second-order valence-corrected chi connectivity index (χ2v) is 13.8. The number of esters is 2. The van der Waals surface area contributed by atoms with Gasteiger partial charge in [-0.15, -0.1) is 28.5 Å². The summed E-state index contributed by atoms with van der Waals surface area (Å²) in [6.07, 6.45) is -1.29. The molecule has 1 aromatic heterocycles. The zero-order valence-corrected chi connectivity index (χ0v) is 27.3. The van der Waals surface area contributed by atoms with Crippen molar-refractivity contribution in [1.82, 2.24) is 30.4 Å². The molecule has 1 fully saturated rings. The van der Waals surface area contributed by atoms with Crippen LogP contribution in [0.4, 0.5) is 0 Å². The van der Waals surface area contributed by atoms with Crippen LogP contribution >= 0.6 is 35.1 Å².